The Balaban J connectivity index is 3.17. The lowest BCUT2D eigenvalue weighted by molar-refractivity contribution is 0.758. The van der Waals surface area contributed by atoms with Crippen LogP contribution in [0.25, 0.3) is 0 Å². The molecule has 0 nitrogen and oxygen atoms in total. The molecule has 0 aromatic rings. The summed E-state index contributed by atoms with van der Waals surface area (Å²) in [5, 5.41) is 0. The van der Waals surface area contributed by atoms with Gasteiger partial charge in [-0.15, -0.1) is 0 Å². The standard InChI is InChI=1S/C5H10S/c1-4-5(2,3)6/h2,4H2,1,3H3. The molecule has 0 saturated heterocycles. The van der Waals surface area contributed by atoms with Crippen molar-refractivity contribution in [1.82, 2.24) is 0 Å². The molecule has 0 saturated carbocycles. The molecule has 1 unspecified atom stereocenters. The second kappa shape index (κ2) is 1.87. The van der Waals surface area contributed by atoms with Crippen molar-refractivity contribution in [3.63, 3.8) is 0 Å². The van der Waals surface area contributed by atoms with Crippen LogP contribution in [-0.4, -0.2) is 4.75 Å². The Morgan fingerprint density at radius 1 is 1.83 bits per heavy atom. The first-order valence-electron chi connectivity index (χ1n) is 2.12. The minimum atomic E-state index is -0.125. The zero-order valence-corrected chi connectivity index (χ0v) is 5.14. The zero-order chi connectivity index (χ0) is 5.21. The minimum absolute atomic E-state index is 0.125. The summed E-state index contributed by atoms with van der Waals surface area (Å²) in [5.74, 6) is 0. The molecule has 0 aliphatic heterocycles. The molecular formula is C5H10S. The lowest BCUT2D eigenvalue weighted by Crippen LogP contribution is -2.06. The van der Waals surface area contributed by atoms with Gasteiger partial charge in [-0.25, -0.2) is 0 Å². The van der Waals surface area contributed by atoms with E-state index in [1.165, 1.54) is 0 Å². The van der Waals surface area contributed by atoms with Gasteiger partial charge in [-0.2, -0.15) is 0 Å². The molecule has 0 fully saturated rings. The van der Waals surface area contributed by atoms with Gasteiger partial charge >= 0.3 is 0 Å². The summed E-state index contributed by atoms with van der Waals surface area (Å²) in [6.45, 7) is 7.69. The summed E-state index contributed by atoms with van der Waals surface area (Å²) >= 11 is 4.88. The van der Waals surface area contributed by atoms with Crippen molar-refractivity contribution in [3.8, 4) is 0 Å². The first-order chi connectivity index (χ1) is 2.56. The predicted molar refractivity (Wildman–Crippen MR) is 31.6 cm³/mol. The summed E-state index contributed by atoms with van der Waals surface area (Å²) in [6, 6.07) is 0. The highest BCUT2D eigenvalue weighted by atomic mass is 32.1. The third-order valence-electron chi connectivity index (χ3n) is 0.748. The Morgan fingerprint density at radius 2 is 2.00 bits per heavy atom. The molecule has 1 heteroatoms. The van der Waals surface area contributed by atoms with E-state index >= 15 is 0 Å². The van der Waals surface area contributed by atoms with E-state index in [0.717, 1.165) is 6.42 Å². The van der Waals surface area contributed by atoms with Crippen LogP contribution in [-0.2, 0) is 0 Å². The lowest BCUT2D eigenvalue weighted by Gasteiger charge is -2.09. The fraction of sp³-hybridized carbons (Fsp3) is 0.800. The van der Waals surface area contributed by atoms with Gasteiger partial charge in [0.15, 0.2) is 0 Å². The van der Waals surface area contributed by atoms with Crippen LogP contribution in [0, 0.1) is 6.92 Å². The van der Waals surface area contributed by atoms with E-state index in [9.17, 15) is 0 Å². The smallest absolute Gasteiger partial charge is 0.0233 e. The van der Waals surface area contributed by atoms with Gasteiger partial charge in [0.1, 0.15) is 0 Å². The third kappa shape index (κ3) is 4.35. The van der Waals surface area contributed by atoms with Gasteiger partial charge in [0.2, 0.25) is 0 Å². The average Bonchev–Trinajstić information content (AvgIpc) is 1.35. The summed E-state index contributed by atoms with van der Waals surface area (Å²) in [4.78, 5) is 0. The fourth-order valence-electron chi connectivity index (χ4n) is 0. The van der Waals surface area contributed by atoms with Crippen LogP contribution >= 0.6 is 12.6 Å². The van der Waals surface area contributed by atoms with E-state index in [0.29, 0.717) is 0 Å². The Labute approximate surface area is 45.4 Å². The second-order valence-corrected chi connectivity index (χ2v) is 2.79. The Hall–Kier alpha value is 0.350. The maximum Gasteiger partial charge on any atom is 0.0233 e. The van der Waals surface area contributed by atoms with Crippen LogP contribution in [0.5, 0.6) is 0 Å². The molecule has 0 spiro atoms. The molecule has 0 N–H and O–H groups in total. The van der Waals surface area contributed by atoms with E-state index in [4.69, 9.17) is 12.6 Å². The Morgan fingerprint density at radius 3 is 2.00 bits per heavy atom. The van der Waals surface area contributed by atoms with E-state index in [2.05, 4.69) is 6.92 Å². The maximum atomic E-state index is 4.88. The molecule has 0 aromatic heterocycles. The highest BCUT2D eigenvalue weighted by molar-refractivity contribution is 7.81. The molecule has 2 radical (unpaired) electrons. The highest BCUT2D eigenvalue weighted by Gasteiger charge is 2.06. The Kier molecular flexibility index (Phi) is 1.98. The molecule has 1 atom stereocenters. The summed E-state index contributed by atoms with van der Waals surface area (Å²) in [5.41, 5.74) is 0. The van der Waals surface area contributed by atoms with Gasteiger partial charge < -0.3 is 0 Å². The van der Waals surface area contributed by atoms with Crippen molar-refractivity contribution in [2.45, 2.75) is 25.0 Å². The molecule has 0 rings (SSSR count). The van der Waals surface area contributed by atoms with Crippen LogP contribution in [0.3, 0.4) is 0 Å². The molecule has 0 aliphatic carbocycles. The normalized spacial score (nSPS) is 12.0. The van der Waals surface area contributed by atoms with Crippen molar-refractivity contribution in [1.29, 1.82) is 0 Å². The summed E-state index contributed by atoms with van der Waals surface area (Å²) < 4.78 is -0.125. The van der Waals surface area contributed by atoms with Gasteiger partial charge in [0.25, 0.3) is 0 Å². The van der Waals surface area contributed by atoms with Gasteiger partial charge in [-0.3, -0.25) is 0 Å². The topological polar surface area (TPSA) is 0 Å². The first kappa shape index (κ1) is 6.35. The largest absolute Gasteiger partial charge is 0.0870 e. The van der Waals surface area contributed by atoms with Gasteiger partial charge in [-0.1, -0.05) is 19.6 Å². The van der Waals surface area contributed by atoms with Crippen molar-refractivity contribution in [3.05, 3.63) is 6.92 Å². The van der Waals surface area contributed by atoms with E-state index < -0.39 is 0 Å². The van der Waals surface area contributed by atoms with E-state index in [1.54, 1.807) is 0 Å². The van der Waals surface area contributed by atoms with Gasteiger partial charge in [0.05, 0.1) is 0 Å². The van der Waals surface area contributed by atoms with Crippen LogP contribution in [0.4, 0.5) is 0 Å². The molecule has 0 amide bonds. The average molecular weight is 102 g/mol. The monoisotopic (exact) mass is 102 g/mol. The van der Waals surface area contributed by atoms with E-state index in [-0.39, 0.29) is 4.75 Å². The van der Waals surface area contributed by atoms with E-state index in [1.807, 2.05) is 13.8 Å². The minimum Gasteiger partial charge on any atom is -0.0870 e. The van der Waals surface area contributed by atoms with Crippen LogP contribution in [0.15, 0.2) is 0 Å². The highest BCUT2D eigenvalue weighted by Crippen LogP contribution is 2.13. The van der Waals surface area contributed by atoms with Crippen molar-refractivity contribution >= 4 is 12.6 Å². The Bertz CT molecular complexity index is 33.7. The lowest BCUT2D eigenvalue weighted by atomic mass is 10.1. The molecule has 0 bridgehead atoms. The summed E-state index contributed by atoms with van der Waals surface area (Å²) in [7, 11) is 0. The first-order valence-corrected chi connectivity index (χ1v) is 2.53. The van der Waals surface area contributed by atoms with Crippen molar-refractivity contribution in [2.75, 3.05) is 0 Å². The number of hydrogen-bond donors (Lipinski definition) is 0. The molecule has 0 heterocycles. The SMILES string of the molecule is [CH2]C(C)([S])CC. The number of hydrogen-bond acceptors (Lipinski definition) is 0. The van der Waals surface area contributed by atoms with Crippen molar-refractivity contribution < 1.29 is 0 Å². The van der Waals surface area contributed by atoms with Gasteiger partial charge in [0, 0.05) is 4.75 Å². The number of rotatable bonds is 1. The molecule has 0 aliphatic rings. The zero-order valence-electron chi connectivity index (χ0n) is 4.32. The molecule has 0 aromatic carbocycles. The quantitative estimate of drug-likeness (QED) is 0.476. The van der Waals surface area contributed by atoms with Gasteiger partial charge in [-0.05, 0) is 20.3 Å². The van der Waals surface area contributed by atoms with Crippen LogP contribution in [0.1, 0.15) is 20.3 Å². The third-order valence-corrected chi connectivity index (χ3v) is 1.04. The second-order valence-electron chi connectivity index (χ2n) is 1.80. The van der Waals surface area contributed by atoms with Crippen LogP contribution < -0.4 is 0 Å². The van der Waals surface area contributed by atoms with Crippen molar-refractivity contribution in [2.24, 2.45) is 0 Å². The maximum absolute atomic E-state index is 4.88. The summed E-state index contributed by atoms with van der Waals surface area (Å²) in [6.07, 6.45) is 0.975. The predicted octanol–water partition coefficient (Wildman–Crippen LogP) is 2.19. The molecular weight excluding hydrogens is 92.1 g/mol. The molecule has 36 valence electrons. The van der Waals surface area contributed by atoms with Crippen LogP contribution in [0.2, 0.25) is 0 Å². The molecule has 6 heavy (non-hydrogen) atoms. The fourth-order valence-corrected chi connectivity index (χ4v) is 0.